The van der Waals surface area contributed by atoms with E-state index in [4.69, 9.17) is 5.11 Å². The molecule has 1 heteroatoms. The first-order valence-corrected chi connectivity index (χ1v) is 4.92. The minimum Gasteiger partial charge on any atom is -0.392 e. The molecule has 0 aliphatic carbocycles. The molecule has 0 aromatic heterocycles. The molecule has 1 aromatic rings. The molecule has 0 saturated carbocycles. The molecule has 76 valence electrons. The van der Waals surface area contributed by atoms with E-state index < -0.39 is 0 Å². The van der Waals surface area contributed by atoms with Crippen LogP contribution in [0.2, 0.25) is 0 Å². The second kappa shape index (κ2) is 4.43. The minimum atomic E-state index is 0.0982. The van der Waals surface area contributed by atoms with Crippen LogP contribution in [0.1, 0.15) is 31.9 Å². The number of hydrogen-bond acceptors (Lipinski definition) is 1. The third-order valence-corrected chi connectivity index (χ3v) is 2.19. The van der Waals surface area contributed by atoms with Gasteiger partial charge in [-0.15, -0.1) is 0 Å². The van der Waals surface area contributed by atoms with Crippen LogP contribution in [0.15, 0.2) is 30.3 Å². The van der Waals surface area contributed by atoms with Gasteiger partial charge in [-0.3, -0.25) is 0 Å². The smallest absolute Gasteiger partial charge is 0.0615 e. The van der Waals surface area contributed by atoms with Crippen molar-refractivity contribution in [2.24, 2.45) is 0 Å². The molecule has 0 radical (unpaired) electrons. The summed E-state index contributed by atoms with van der Waals surface area (Å²) in [7, 11) is 0. The van der Waals surface area contributed by atoms with Crippen molar-refractivity contribution in [3.63, 3.8) is 0 Å². The van der Waals surface area contributed by atoms with Crippen LogP contribution in [0.4, 0.5) is 0 Å². The van der Waals surface area contributed by atoms with E-state index in [2.05, 4.69) is 45.0 Å². The Morgan fingerprint density at radius 3 is 2.14 bits per heavy atom. The Kier molecular flexibility index (Phi) is 3.48. The topological polar surface area (TPSA) is 20.2 Å². The highest BCUT2D eigenvalue weighted by Gasteiger charge is 2.12. The maximum Gasteiger partial charge on any atom is 0.0615 e. The fraction of sp³-hybridized carbons (Fsp3) is 0.385. The third kappa shape index (κ3) is 3.00. The van der Waals surface area contributed by atoms with E-state index in [0.717, 1.165) is 5.56 Å². The van der Waals surface area contributed by atoms with E-state index in [-0.39, 0.29) is 12.0 Å². The second-order valence-corrected chi connectivity index (χ2v) is 4.46. The lowest BCUT2D eigenvalue weighted by Crippen LogP contribution is -2.10. The second-order valence-electron chi connectivity index (χ2n) is 4.46. The van der Waals surface area contributed by atoms with Crippen LogP contribution in [-0.2, 0) is 5.41 Å². The molecule has 0 fully saturated rings. The Labute approximate surface area is 86.1 Å². The van der Waals surface area contributed by atoms with Crippen LogP contribution < -0.4 is 0 Å². The third-order valence-electron chi connectivity index (χ3n) is 2.19. The molecule has 1 aromatic carbocycles. The number of benzene rings is 1. The molecule has 1 nitrogen and oxygen atoms in total. The summed E-state index contributed by atoms with van der Waals surface area (Å²) in [6, 6.07) is 8.42. The molecule has 0 atom stereocenters. The van der Waals surface area contributed by atoms with Crippen LogP contribution in [0.3, 0.4) is 0 Å². The molecular weight excluding hydrogens is 172 g/mol. The minimum absolute atomic E-state index is 0.0982. The van der Waals surface area contributed by atoms with Crippen molar-refractivity contribution >= 4 is 6.08 Å². The van der Waals surface area contributed by atoms with Gasteiger partial charge in [0.05, 0.1) is 6.61 Å². The first-order chi connectivity index (χ1) is 6.54. The summed E-state index contributed by atoms with van der Waals surface area (Å²) in [6.07, 6.45) is 3.67. The Balaban J connectivity index is 2.84. The van der Waals surface area contributed by atoms with E-state index in [1.165, 1.54) is 5.56 Å². The van der Waals surface area contributed by atoms with Crippen molar-refractivity contribution in [3.8, 4) is 0 Å². The molecular formula is C13H18O. The molecule has 14 heavy (non-hydrogen) atoms. The molecule has 0 aliphatic rings. The van der Waals surface area contributed by atoms with Crippen molar-refractivity contribution in [3.05, 3.63) is 41.5 Å². The Bertz CT molecular complexity index is 301. The molecule has 0 aliphatic heterocycles. The Morgan fingerprint density at radius 1 is 1.14 bits per heavy atom. The summed E-state index contributed by atoms with van der Waals surface area (Å²) < 4.78 is 0. The van der Waals surface area contributed by atoms with Crippen molar-refractivity contribution in [2.45, 2.75) is 26.2 Å². The number of hydrogen-bond donors (Lipinski definition) is 1. The van der Waals surface area contributed by atoms with Crippen LogP contribution in [0.25, 0.3) is 6.08 Å². The molecule has 1 N–H and O–H groups in total. The zero-order valence-electron chi connectivity index (χ0n) is 9.12. The lowest BCUT2D eigenvalue weighted by atomic mass is 9.87. The van der Waals surface area contributed by atoms with Gasteiger partial charge in [0, 0.05) is 0 Å². The summed E-state index contributed by atoms with van der Waals surface area (Å²) in [5.74, 6) is 0. The van der Waals surface area contributed by atoms with Gasteiger partial charge >= 0.3 is 0 Å². The van der Waals surface area contributed by atoms with Gasteiger partial charge in [0.1, 0.15) is 0 Å². The lowest BCUT2D eigenvalue weighted by molar-refractivity contribution is 0.343. The fourth-order valence-corrected chi connectivity index (χ4v) is 1.28. The van der Waals surface area contributed by atoms with Crippen molar-refractivity contribution in [1.29, 1.82) is 0 Å². The number of rotatable bonds is 2. The molecule has 0 spiro atoms. The van der Waals surface area contributed by atoms with Gasteiger partial charge in [0.25, 0.3) is 0 Å². The Morgan fingerprint density at radius 2 is 1.71 bits per heavy atom. The van der Waals surface area contributed by atoms with Gasteiger partial charge in [-0.05, 0) is 16.5 Å². The zero-order valence-corrected chi connectivity index (χ0v) is 9.12. The highest BCUT2D eigenvalue weighted by atomic mass is 16.2. The highest BCUT2D eigenvalue weighted by molar-refractivity contribution is 5.50. The number of aliphatic hydroxyl groups is 1. The maximum atomic E-state index is 8.62. The summed E-state index contributed by atoms with van der Waals surface area (Å²) in [5.41, 5.74) is 2.67. The number of aliphatic hydroxyl groups excluding tert-OH is 1. The van der Waals surface area contributed by atoms with Gasteiger partial charge in [0.15, 0.2) is 0 Å². The summed E-state index contributed by atoms with van der Waals surface area (Å²) in [4.78, 5) is 0. The molecule has 0 saturated heterocycles. The summed E-state index contributed by atoms with van der Waals surface area (Å²) in [5, 5.41) is 8.62. The summed E-state index contributed by atoms with van der Waals surface area (Å²) in [6.45, 7) is 6.70. The quantitative estimate of drug-likeness (QED) is 0.760. The van der Waals surface area contributed by atoms with Crippen LogP contribution >= 0.6 is 0 Å². The highest BCUT2D eigenvalue weighted by Crippen LogP contribution is 2.22. The fourth-order valence-electron chi connectivity index (χ4n) is 1.28. The van der Waals surface area contributed by atoms with Crippen LogP contribution in [-0.4, -0.2) is 11.7 Å². The zero-order chi connectivity index (χ0) is 10.6. The SMILES string of the molecule is CC(C)(C)c1ccc(/C=C/CO)cc1. The van der Waals surface area contributed by atoms with Gasteiger partial charge < -0.3 is 5.11 Å². The maximum absolute atomic E-state index is 8.62. The first kappa shape index (κ1) is 11.0. The molecule has 0 heterocycles. The van der Waals surface area contributed by atoms with E-state index in [1.54, 1.807) is 6.08 Å². The standard InChI is InChI=1S/C13H18O/c1-13(2,3)12-8-6-11(7-9-12)5-4-10-14/h4-9,14H,10H2,1-3H3/b5-4+. The first-order valence-electron chi connectivity index (χ1n) is 4.92. The van der Waals surface area contributed by atoms with Gasteiger partial charge in [0.2, 0.25) is 0 Å². The van der Waals surface area contributed by atoms with Crippen molar-refractivity contribution in [2.75, 3.05) is 6.61 Å². The van der Waals surface area contributed by atoms with Crippen LogP contribution in [0.5, 0.6) is 0 Å². The monoisotopic (exact) mass is 190 g/mol. The van der Waals surface area contributed by atoms with E-state index in [0.29, 0.717) is 0 Å². The van der Waals surface area contributed by atoms with Gasteiger partial charge in [-0.25, -0.2) is 0 Å². The molecule has 0 unspecified atom stereocenters. The Hall–Kier alpha value is -1.08. The molecule has 0 amide bonds. The largest absolute Gasteiger partial charge is 0.392 e. The van der Waals surface area contributed by atoms with E-state index in [9.17, 15) is 0 Å². The predicted octanol–water partition coefficient (Wildman–Crippen LogP) is 2.99. The average Bonchev–Trinajstić information content (AvgIpc) is 2.14. The average molecular weight is 190 g/mol. The van der Waals surface area contributed by atoms with Crippen molar-refractivity contribution < 1.29 is 5.11 Å². The van der Waals surface area contributed by atoms with E-state index in [1.807, 2.05) is 6.08 Å². The lowest BCUT2D eigenvalue weighted by Gasteiger charge is -2.18. The molecule has 0 bridgehead atoms. The van der Waals surface area contributed by atoms with Crippen molar-refractivity contribution in [1.82, 2.24) is 0 Å². The van der Waals surface area contributed by atoms with Gasteiger partial charge in [-0.2, -0.15) is 0 Å². The summed E-state index contributed by atoms with van der Waals surface area (Å²) >= 11 is 0. The van der Waals surface area contributed by atoms with Crippen LogP contribution in [0, 0.1) is 0 Å². The normalized spacial score (nSPS) is 12.3. The van der Waals surface area contributed by atoms with Gasteiger partial charge in [-0.1, -0.05) is 57.2 Å². The predicted molar refractivity (Wildman–Crippen MR) is 61.3 cm³/mol. The molecule has 1 rings (SSSR count). The van der Waals surface area contributed by atoms with E-state index >= 15 is 0 Å².